The Morgan fingerprint density at radius 3 is 2.83 bits per heavy atom. The molecule has 12 heavy (non-hydrogen) atoms. The van der Waals surface area contributed by atoms with E-state index in [9.17, 15) is 4.39 Å². The molecule has 0 heterocycles. The van der Waals surface area contributed by atoms with E-state index in [1.165, 1.54) is 0 Å². The van der Waals surface area contributed by atoms with Crippen LogP contribution in [0.5, 0.6) is 0 Å². The van der Waals surface area contributed by atoms with Gasteiger partial charge in [-0.2, -0.15) is 0 Å². The van der Waals surface area contributed by atoms with Crippen LogP contribution in [-0.4, -0.2) is 6.67 Å². The third-order valence-corrected chi connectivity index (χ3v) is 3.06. The minimum Gasteiger partial charge on any atom is -0.250 e. The van der Waals surface area contributed by atoms with Gasteiger partial charge in [-0.05, 0) is 53.3 Å². The van der Waals surface area contributed by atoms with E-state index >= 15 is 0 Å². The third-order valence-electron chi connectivity index (χ3n) is 1.58. The van der Waals surface area contributed by atoms with Crippen molar-refractivity contribution in [3.8, 4) is 0 Å². The van der Waals surface area contributed by atoms with Crippen molar-refractivity contribution in [2.24, 2.45) is 0 Å². The van der Waals surface area contributed by atoms with Crippen LogP contribution in [0.15, 0.2) is 22.7 Å². The Morgan fingerprint density at radius 1 is 1.58 bits per heavy atom. The quantitative estimate of drug-likeness (QED) is 0.715. The largest absolute Gasteiger partial charge is 0.250 e. The van der Waals surface area contributed by atoms with Crippen LogP contribution in [0, 0.1) is 10.5 Å². The fraction of sp³-hybridized carbons (Fsp3) is 0.222. The van der Waals surface area contributed by atoms with Crippen LogP contribution in [0.3, 0.4) is 0 Å². The fourth-order valence-corrected chi connectivity index (χ4v) is 2.07. The minimum atomic E-state index is -0.410. The molecule has 0 aliphatic rings. The molecule has 1 atom stereocenters. The maximum Gasteiger partial charge on any atom is 0.0963 e. The fourth-order valence-electron chi connectivity index (χ4n) is 0.911. The lowest BCUT2D eigenvalue weighted by atomic mass is 10.0. The molecule has 1 aromatic rings. The Hall–Kier alpha value is 0.360. The highest BCUT2D eigenvalue weighted by Crippen LogP contribution is 2.25. The first-order valence-electron chi connectivity index (χ1n) is 3.49. The van der Waals surface area contributed by atoms with Crippen molar-refractivity contribution in [3.63, 3.8) is 0 Å². The molecule has 0 nitrogen and oxygen atoms in total. The first-order chi connectivity index (χ1) is 5.65. The Kier molecular flexibility index (Phi) is 3.96. The molecule has 0 bridgehead atoms. The normalized spacial score (nSPS) is 13.0. The zero-order valence-electron chi connectivity index (χ0n) is 6.36. The summed E-state index contributed by atoms with van der Waals surface area (Å²) in [6.45, 7) is 3.32. The number of halogens is 3. The summed E-state index contributed by atoms with van der Waals surface area (Å²) in [7, 11) is 0. The number of alkyl halides is 1. The molecule has 0 saturated carbocycles. The van der Waals surface area contributed by atoms with E-state index in [1.54, 1.807) is 0 Å². The summed E-state index contributed by atoms with van der Waals surface area (Å²) in [6.07, 6.45) is 0. The molecule has 65 valence electrons. The van der Waals surface area contributed by atoms with Crippen LogP contribution in [0.4, 0.5) is 4.39 Å². The van der Waals surface area contributed by atoms with Gasteiger partial charge in [-0.1, -0.05) is 15.9 Å². The van der Waals surface area contributed by atoms with Crippen LogP contribution in [0.2, 0.25) is 0 Å². The number of hydrogen-bond acceptors (Lipinski definition) is 0. The van der Waals surface area contributed by atoms with Gasteiger partial charge in [0.05, 0.1) is 6.67 Å². The Balaban J connectivity index is 3.04. The van der Waals surface area contributed by atoms with E-state index in [0.717, 1.165) is 13.6 Å². The first kappa shape index (κ1) is 10.4. The number of hydrogen-bond donors (Lipinski definition) is 0. The van der Waals surface area contributed by atoms with Crippen molar-refractivity contribution in [2.45, 2.75) is 5.92 Å². The van der Waals surface area contributed by atoms with Crippen LogP contribution < -0.4 is 0 Å². The SMILES string of the molecule is [CH2]C(CF)c1cc(Br)ccc1I. The van der Waals surface area contributed by atoms with Gasteiger partial charge in [-0.25, -0.2) is 0 Å². The first-order valence-corrected chi connectivity index (χ1v) is 5.36. The van der Waals surface area contributed by atoms with Crippen LogP contribution >= 0.6 is 38.5 Å². The summed E-state index contributed by atoms with van der Waals surface area (Å²) in [4.78, 5) is 0. The summed E-state index contributed by atoms with van der Waals surface area (Å²) >= 11 is 5.53. The maximum atomic E-state index is 12.3. The molecule has 0 spiro atoms. The topological polar surface area (TPSA) is 0 Å². The Bertz CT molecular complexity index is 275. The van der Waals surface area contributed by atoms with Gasteiger partial charge >= 0.3 is 0 Å². The smallest absolute Gasteiger partial charge is 0.0963 e. The molecule has 0 saturated heterocycles. The molecule has 1 unspecified atom stereocenters. The maximum absolute atomic E-state index is 12.3. The molecular formula is C9H8BrFI. The summed E-state index contributed by atoms with van der Waals surface area (Å²) in [6, 6.07) is 5.81. The van der Waals surface area contributed by atoms with Crippen molar-refractivity contribution in [1.82, 2.24) is 0 Å². The van der Waals surface area contributed by atoms with Crippen LogP contribution in [0.1, 0.15) is 11.5 Å². The lowest BCUT2D eigenvalue weighted by Gasteiger charge is -2.09. The van der Waals surface area contributed by atoms with Crippen molar-refractivity contribution < 1.29 is 4.39 Å². The van der Waals surface area contributed by atoms with Crippen LogP contribution in [-0.2, 0) is 0 Å². The lowest BCUT2D eigenvalue weighted by Crippen LogP contribution is -1.98. The standard InChI is InChI=1S/C9H8BrFI/c1-6(5-11)8-4-7(10)2-3-9(8)12/h2-4,6H,1,5H2. The predicted molar refractivity (Wildman–Crippen MR) is 60.9 cm³/mol. The van der Waals surface area contributed by atoms with Crippen molar-refractivity contribution in [2.75, 3.05) is 6.67 Å². The molecule has 1 aromatic carbocycles. The molecule has 0 fully saturated rings. The molecular weight excluding hydrogens is 334 g/mol. The molecule has 3 heteroatoms. The third kappa shape index (κ3) is 2.42. The van der Waals surface area contributed by atoms with Crippen molar-refractivity contribution in [3.05, 3.63) is 38.7 Å². The van der Waals surface area contributed by atoms with Gasteiger partial charge in [-0.3, -0.25) is 4.39 Å². The second-order valence-electron chi connectivity index (χ2n) is 2.52. The highest BCUT2D eigenvalue weighted by atomic mass is 127. The number of rotatable bonds is 2. The summed E-state index contributed by atoms with van der Waals surface area (Å²) in [5.74, 6) is -0.255. The zero-order chi connectivity index (χ0) is 9.14. The molecule has 1 rings (SSSR count). The van der Waals surface area contributed by atoms with Crippen LogP contribution in [0.25, 0.3) is 0 Å². The summed E-state index contributed by atoms with van der Waals surface area (Å²) < 4.78 is 14.3. The van der Waals surface area contributed by atoms with Crippen molar-refractivity contribution >= 4 is 38.5 Å². The second-order valence-corrected chi connectivity index (χ2v) is 4.59. The summed E-state index contributed by atoms with van der Waals surface area (Å²) in [5.41, 5.74) is 0.965. The van der Waals surface area contributed by atoms with Gasteiger partial charge < -0.3 is 0 Å². The molecule has 0 aliphatic carbocycles. The lowest BCUT2D eigenvalue weighted by molar-refractivity contribution is 0.464. The average Bonchev–Trinajstić information content (AvgIpc) is 2.08. The summed E-state index contributed by atoms with van der Waals surface area (Å²) in [5, 5.41) is 0. The van der Waals surface area contributed by atoms with Gasteiger partial charge in [-0.15, -0.1) is 0 Å². The highest BCUT2D eigenvalue weighted by molar-refractivity contribution is 14.1. The van der Waals surface area contributed by atoms with E-state index in [2.05, 4.69) is 45.4 Å². The molecule has 0 amide bonds. The minimum absolute atomic E-state index is 0.255. The number of benzene rings is 1. The van der Waals surface area contributed by atoms with E-state index in [-0.39, 0.29) is 5.92 Å². The molecule has 0 N–H and O–H groups in total. The molecule has 0 aliphatic heterocycles. The van der Waals surface area contributed by atoms with Crippen molar-refractivity contribution in [1.29, 1.82) is 0 Å². The zero-order valence-corrected chi connectivity index (χ0v) is 10.1. The average molecular weight is 342 g/mol. The van der Waals surface area contributed by atoms with E-state index in [0.29, 0.717) is 0 Å². The molecule has 0 aromatic heterocycles. The predicted octanol–water partition coefficient (Wildman–Crippen LogP) is 3.94. The van der Waals surface area contributed by atoms with E-state index < -0.39 is 6.67 Å². The van der Waals surface area contributed by atoms with E-state index in [4.69, 9.17) is 0 Å². The Morgan fingerprint density at radius 2 is 2.25 bits per heavy atom. The Labute approximate surface area is 93.8 Å². The van der Waals surface area contributed by atoms with Gasteiger partial charge in [0.2, 0.25) is 0 Å². The highest BCUT2D eigenvalue weighted by Gasteiger charge is 2.08. The molecule has 1 radical (unpaired) electrons. The monoisotopic (exact) mass is 341 g/mol. The second kappa shape index (κ2) is 4.56. The van der Waals surface area contributed by atoms with Gasteiger partial charge in [0.15, 0.2) is 0 Å². The van der Waals surface area contributed by atoms with Gasteiger partial charge in [0.25, 0.3) is 0 Å². The van der Waals surface area contributed by atoms with E-state index in [1.807, 2.05) is 18.2 Å². The van der Waals surface area contributed by atoms with Gasteiger partial charge in [0, 0.05) is 14.0 Å². The van der Waals surface area contributed by atoms with Gasteiger partial charge in [0.1, 0.15) is 0 Å².